The molecule has 0 bridgehead atoms. The van der Waals surface area contributed by atoms with Crippen molar-refractivity contribution in [1.29, 1.82) is 0 Å². The van der Waals surface area contributed by atoms with Gasteiger partial charge in [0.25, 0.3) is 5.91 Å². The molecule has 3 aromatic rings. The number of hydrogen-bond donors (Lipinski definition) is 1. The summed E-state index contributed by atoms with van der Waals surface area (Å²) in [5.74, 6) is 0.164. The molecule has 1 amide bonds. The fourth-order valence-electron chi connectivity index (χ4n) is 2.54. The molecule has 4 nitrogen and oxygen atoms in total. The van der Waals surface area contributed by atoms with Crippen molar-refractivity contribution in [1.82, 2.24) is 5.43 Å². The SMILES string of the molecule is CC(/C=C/c1ccccc1)=N\NC(=O)c1ccccc1OCc1ccc(Cl)cc1. The number of carbonyl (C=O) groups is 1. The molecule has 0 aromatic heterocycles. The molecule has 29 heavy (non-hydrogen) atoms. The van der Waals surface area contributed by atoms with Gasteiger partial charge in [-0.1, -0.05) is 72.3 Å². The zero-order chi connectivity index (χ0) is 20.5. The molecule has 3 aromatic carbocycles. The molecule has 0 aliphatic rings. The number of rotatable bonds is 7. The Hall–Kier alpha value is -3.37. The first-order valence-corrected chi connectivity index (χ1v) is 9.53. The highest BCUT2D eigenvalue weighted by molar-refractivity contribution is 6.30. The minimum absolute atomic E-state index is 0.329. The molecule has 0 radical (unpaired) electrons. The lowest BCUT2D eigenvalue weighted by Crippen LogP contribution is -2.19. The van der Waals surface area contributed by atoms with E-state index in [2.05, 4.69) is 10.5 Å². The number of nitrogens with one attached hydrogen (secondary N) is 1. The lowest BCUT2D eigenvalue weighted by molar-refractivity contribution is 0.0950. The van der Waals surface area contributed by atoms with Gasteiger partial charge in [0.1, 0.15) is 12.4 Å². The predicted molar refractivity (Wildman–Crippen MR) is 118 cm³/mol. The Kier molecular flexibility index (Phi) is 7.20. The maximum atomic E-state index is 12.6. The van der Waals surface area contributed by atoms with Gasteiger partial charge < -0.3 is 4.74 Å². The van der Waals surface area contributed by atoms with E-state index < -0.39 is 0 Å². The van der Waals surface area contributed by atoms with Gasteiger partial charge in [-0.05, 0) is 48.4 Å². The number of halogens is 1. The highest BCUT2D eigenvalue weighted by Gasteiger charge is 2.11. The number of amides is 1. The third kappa shape index (κ3) is 6.33. The summed E-state index contributed by atoms with van der Waals surface area (Å²) in [5, 5.41) is 4.81. The van der Waals surface area contributed by atoms with Crippen LogP contribution >= 0.6 is 11.6 Å². The van der Waals surface area contributed by atoms with E-state index >= 15 is 0 Å². The van der Waals surface area contributed by atoms with Crippen LogP contribution in [0, 0.1) is 0 Å². The number of benzene rings is 3. The van der Waals surface area contributed by atoms with Gasteiger partial charge in [0, 0.05) is 5.02 Å². The minimum atomic E-state index is -0.329. The summed E-state index contributed by atoms with van der Waals surface area (Å²) in [6.07, 6.45) is 3.78. The fourth-order valence-corrected chi connectivity index (χ4v) is 2.67. The number of hydrazone groups is 1. The van der Waals surface area contributed by atoms with Gasteiger partial charge in [-0.15, -0.1) is 0 Å². The fraction of sp³-hybridized carbons (Fsp3) is 0.0833. The summed E-state index contributed by atoms with van der Waals surface area (Å²) < 4.78 is 5.83. The second kappa shape index (κ2) is 10.2. The van der Waals surface area contributed by atoms with Crippen molar-refractivity contribution in [2.75, 3.05) is 0 Å². The van der Waals surface area contributed by atoms with E-state index in [0.29, 0.717) is 28.7 Å². The van der Waals surface area contributed by atoms with Gasteiger partial charge in [-0.3, -0.25) is 4.79 Å². The van der Waals surface area contributed by atoms with Crippen LogP contribution in [0.2, 0.25) is 5.02 Å². The standard InChI is InChI=1S/C24H21ClN2O2/c1-18(11-12-19-7-3-2-4-8-19)26-27-24(28)22-9-5-6-10-23(22)29-17-20-13-15-21(25)16-14-20/h2-16H,17H2,1H3,(H,27,28)/b12-11+,26-18+. The molecule has 146 valence electrons. The number of allylic oxidation sites excluding steroid dienone is 1. The first kappa shape index (κ1) is 20.4. The Morgan fingerprint density at radius 1 is 1.00 bits per heavy atom. The van der Waals surface area contributed by atoms with Crippen molar-refractivity contribution in [3.8, 4) is 5.75 Å². The Balaban J connectivity index is 1.63. The van der Waals surface area contributed by atoms with Crippen LogP contribution in [-0.4, -0.2) is 11.6 Å². The van der Waals surface area contributed by atoms with E-state index in [0.717, 1.165) is 11.1 Å². The normalized spacial score (nSPS) is 11.4. The maximum Gasteiger partial charge on any atom is 0.275 e. The van der Waals surface area contributed by atoms with Crippen molar-refractivity contribution in [2.24, 2.45) is 5.10 Å². The second-order valence-corrected chi connectivity index (χ2v) is 6.79. The molecule has 0 aliphatic carbocycles. The molecule has 0 saturated heterocycles. The van der Waals surface area contributed by atoms with Gasteiger partial charge in [0.15, 0.2) is 0 Å². The zero-order valence-corrected chi connectivity index (χ0v) is 16.8. The lowest BCUT2D eigenvalue weighted by atomic mass is 10.2. The van der Waals surface area contributed by atoms with Crippen LogP contribution < -0.4 is 10.2 Å². The molecule has 0 fully saturated rings. The Bertz CT molecular complexity index is 1010. The third-order valence-corrected chi connectivity index (χ3v) is 4.34. The molecule has 0 atom stereocenters. The number of carbonyl (C=O) groups excluding carboxylic acids is 1. The molecule has 0 heterocycles. The number of hydrogen-bond acceptors (Lipinski definition) is 3. The average Bonchev–Trinajstić information content (AvgIpc) is 2.76. The molecule has 1 N–H and O–H groups in total. The second-order valence-electron chi connectivity index (χ2n) is 6.35. The van der Waals surface area contributed by atoms with Gasteiger partial charge in [0.05, 0.1) is 11.3 Å². The smallest absolute Gasteiger partial charge is 0.275 e. The summed E-state index contributed by atoms with van der Waals surface area (Å²) in [4.78, 5) is 12.6. The van der Waals surface area contributed by atoms with Gasteiger partial charge in [-0.2, -0.15) is 5.10 Å². The maximum absolute atomic E-state index is 12.6. The van der Waals surface area contributed by atoms with Crippen molar-refractivity contribution in [3.63, 3.8) is 0 Å². The van der Waals surface area contributed by atoms with Crippen molar-refractivity contribution in [3.05, 3.63) is 107 Å². The van der Waals surface area contributed by atoms with Crippen LogP contribution in [0.5, 0.6) is 5.75 Å². The van der Waals surface area contributed by atoms with Crippen LogP contribution in [0.25, 0.3) is 6.08 Å². The van der Waals surface area contributed by atoms with Gasteiger partial charge >= 0.3 is 0 Å². The Labute approximate surface area is 175 Å². The van der Waals surface area contributed by atoms with Crippen LogP contribution in [0.1, 0.15) is 28.4 Å². The third-order valence-electron chi connectivity index (χ3n) is 4.09. The number of para-hydroxylation sites is 1. The molecule has 0 spiro atoms. The first-order valence-electron chi connectivity index (χ1n) is 9.16. The summed E-state index contributed by atoms with van der Waals surface area (Å²) in [5.41, 5.74) is 5.71. The Morgan fingerprint density at radius 3 is 2.45 bits per heavy atom. The van der Waals surface area contributed by atoms with Crippen molar-refractivity contribution < 1.29 is 9.53 Å². The topological polar surface area (TPSA) is 50.7 Å². The Morgan fingerprint density at radius 2 is 1.69 bits per heavy atom. The first-order chi connectivity index (χ1) is 14.1. The van der Waals surface area contributed by atoms with Crippen LogP contribution in [0.4, 0.5) is 0 Å². The van der Waals surface area contributed by atoms with Crippen LogP contribution in [0.3, 0.4) is 0 Å². The lowest BCUT2D eigenvalue weighted by Gasteiger charge is -2.10. The summed E-state index contributed by atoms with van der Waals surface area (Å²) in [7, 11) is 0. The van der Waals surface area contributed by atoms with Crippen molar-refractivity contribution in [2.45, 2.75) is 13.5 Å². The number of nitrogens with zero attached hydrogens (tertiary/aromatic N) is 1. The largest absolute Gasteiger partial charge is 0.488 e. The van der Waals surface area contributed by atoms with E-state index in [1.807, 2.05) is 67.6 Å². The summed E-state index contributed by atoms with van der Waals surface area (Å²) in [6.45, 7) is 2.16. The molecule has 0 unspecified atom stereocenters. The molecular weight excluding hydrogens is 384 g/mol. The highest BCUT2D eigenvalue weighted by atomic mass is 35.5. The minimum Gasteiger partial charge on any atom is -0.488 e. The summed E-state index contributed by atoms with van der Waals surface area (Å²) >= 11 is 5.90. The van der Waals surface area contributed by atoms with E-state index in [-0.39, 0.29) is 5.91 Å². The molecule has 0 aliphatic heterocycles. The van der Waals surface area contributed by atoms with E-state index in [9.17, 15) is 4.79 Å². The van der Waals surface area contributed by atoms with E-state index in [1.165, 1.54) is 0 Å². The number of ether oxygens (including phenoxy) is 1. The molecular formula is C24H21ClN2O2. The van der Waals surface area contributed by atoms with Crippen LogP contribution in [0.15, 0.2) is 90.0 Å². The molecule has 0 saturated carbocycles. The highest BCUT2D eigenvalue weighted by Crippen LogP contribution is 2.20. The molecule has 5 heteroatoms. The van der Waals surface area contributed by atoms with E-state index in [1.54, 1.807) is 30.3 Å². The van der Waals surface area contributed by atoms with Crippen molar-refractivity contribution >= 4 is 29.3 Å². The zero-order valence-electron chi connectivity index (χ0n) is 16.0. The van der Waals surface area contributed by atoms with Crippen LogP contribution in [-0.2, 0) is 6.61 Å². The monoisotopic (exact) mass is 404 g/mol. The van der Waals surface area contributed by atoms with Gasteiger partial charge in [-0.25, -0.2) is 5.43 Å². The quantitative estimate of drug-likeness (QED) is 0.403. The average molecular weight is 405 g/mol. The van der Waals surface area contributed by atoms with Gasteiger partial charge in [0.2, 0.25) is 0 Å². The summed E-state index contributed by atoms with van der Waals surface area (Å²) in [6, 6.07) is 24.4. The van der Waals surface area contributed by atoms with E-state index in [4.69, 9.17) is 16.3 Å². The molecule has 3 rings (SSSR count). The predicted octanol–water partition coefficient (Wildman–Crippen LogP) is 5.74.